The predicted octanol–water partition coefficient (Wildman–Crippen LogP) is 1.03. The van der Waals surface area contributed by atoms with Gasteiger partial charge in [-0.15, -0.1) is 0 Å². The van der Waals surface area contributed by atoms with E-state index in [0.717, 1.165) is 25.2 Å². The first-order chi connectivity index (χ1) is 8.74. The molecule has 1 fully saturated rings. The number of hydrogen-bond acceptors (Lipinski definition) is 4. The zero-order valence-corrected chi connectivity index (χ0v) is 10.7. The fourth-order valence-electron chi connectivity index (χ4n) is 2.05. The maximum absolute atomic E-state index is 11.5. The van der Waals surface area contributed by atoms with E-state index in [1.54, 1.807) is 14.2 Å². The zero-order chi connectivity index (χ0) is 13.0. The quantitative estimate of drug-likeness (QED) is 0.870. The van der Waals surface area contributed by atoms with Gasteiger partial charge in [0.25, 0.3) is 0 Å². The molecule has 98 valence electrons. The number of carbonyl (C=O) groups is 1. The third-order valence-corrected chi connectivity index (χ3v) is 2.99. The fraction of sp³-hybridized carbons (Fsp3) is 0.462. The molecule has 0 saturated carbocycles. The van der Waals surface area contributed by atoms with Gasteiger partial charge in [-0.3, -0.25) is 4.79 Å². The summed E-state index contributed by atoms with van der Waals surface area (Å²) in [5, 5.41) is 2.86. The van der Waals surface area contributed by atoms with Gasteiger partial charge in [-0.1, -0.05) is 0 Å². The highest BCUT2D eigenvalue weighted by atomic mass is 16.5. The van der Waals surface area contributed by atoms with Crippen molar-refractivity contribution in [3.05, 3.63) is 18.2 Å². The monoisotopic (exact) mass is 250 g/mol. The largest absolute Gasteiger partial charge is 0.493 e. The van der Waals surface area contributed by atoms with Gasteiger partial charge in [-0.2, -0.15) is 0 Å². The molecule has 0 bridgehead atoms. The van der Waals surface area contributed by atoms with Crippen LogP contribution >= 0.6 is 0 Å². The Morgan fingerprint density at radius 1 is 1.22 bits per heavy atom. The van der Waals surface area contributed by atoms with Crippen LogP contribution in [-0.4, -0.2) is 39.8 Å². The summed E-state index contributed by atoms with van der Waals surface area (Å²) in [6.45, 7) is 1.98. The van der Waals surface area contributed by atoms with Crippen LogP contribution in [0.15, 0.2) is 18.2 Å². The first-order valence-electron chi connectivity index (χ1n) is 5.98. The second-order valence-electron chi connectivity index (χ2n) is 4.16. The number of ether oxygens (including phenoxy) is 2. The Kier molecular flexibility index (Phi) is 3.92. The van der Waals surface area contributed by atoms with Crippen molar-refractivity contribution in [3.8, 4) is 11.5 Å². The molecule has 5 heteroatoms. The summed E-state index contributed by atoms with van der Waals surface area (Å²) < 4.78 is 10.5. The highest BCUT2D eigenvalue weighted by Crippen LogP contribution is 2.31. The molecule has 0 aliphatic carbocycles. The molecule has 1 amide bonds. The summed E-state index contributed by atoms with van der Waals surface area (Å²) in [6.07, 6.45) is 0.945. The number of nitrogens with zero attached hydrogens (tertiary/aromatic N) is 1. The Morgan fingerprint density at radius 3 is 2.72 bits per heavy atom. The van der Waals surface area contributed by atoms with Crippen molar-refractivity contribution in [2.75, 3.05) is 38.8 Å². The van der Waals surface area contributed by atoms with Crippen molar-refractivity contribution >= 4 is 11.6 Å². The van der Waals surface area contributed by atoms with E-state index in [-0.39, 0.29) is 5.91 Å². The molecule has 0 radical (unpaired) electrons. The molecule has 1 heterocycles. The van der Waals surface area contributed by atoms with E-state index in [9.17, 15) is 4.79 Å². The molecule has 0 aromatic heterocycles. The Balaban J connectivity index is 2.23. The van der Waals surface area contributed by atoms with Gasteiger partial charge in [0.2, 0.25) is 5.91 Å². The maximum Gasteiger partial charge on any atom is 0.239 e. The summed E-state index contributed by atoms with van der Waals surface area (Å²) in [6, 6.07) is 5.70. The Bertz CT molecular complexity index is 434. The van der Waals surface area contributed by atoms with Gasteiger partial charge >= 0.3 is 0 Å². The fourth-order valence-corrected chi connectivity index (χ4v) is 2.05. The number of carbonyl (C=O) groups excluding carboxylic acids is 1. The van der Waals surface area contributed by atoms with Crippen LogP contribution in [-0.2, 0) is 4.79 Å². The lowest BCUT2D eigenvalue weighted by molar-refractivity contribution is -0.119. The van der Waals surface area contributed by atoms with Gasteiger partial charge in [0, 0.05) is 24.8 Å². The van der Waals surface area contributed by atoms with E-state index in [1.807, 2.05) is 23.1 Å². The molecule has 1 aliphatic rings. The first-order valence-corrected chi connectivity index (χ1v) is 5.98. The molecule has 1 aliphatic heterocycles. The second kappa shape index (κ2) is 5.62. The minimum absolute atomic E-state index is 0.0577. The molecular formula is C13H18N2O3. The average Bonchev–Trinajstić information content (AvgIpc) is 2.62. The van der Waals surface area contributed by atoms with Gasteiger partial charge < -0.3 is 19.7 Å². The van der Waals surface area contributed by atoms with E-state index in [4.69, 9.17) is 9.47 Å². The highest BCUT2D eigenvalue weighted by Gasteiger charge is 2.16. The lowest BCUT2D eigenvalue weighted by Gasteiger charge is -2.22. The number of benzene rings is 1. The molecule has 1 aromatic carbocycles. The van der Waals surface area contributed by atoms with E-state index in [0.29, 0.717) is 18.0 Å². The van der Waals surface area contributed by atoms with E-state index < -0.39 is 0 Å². The van der Waals surface area contributed by atoms with Crippen LogP contribution in [0, 0.1) is 0 Å². The summed E-state index contributed by atoms with van der Waals surface area (Å²) in [4.78, 5) is 13.6. The lowest BCUT2D eigenvalue weighted by atomic mass is 10.2. The van der Waals surface area contributed by atoms with Gasteiger partial charge in [0.1, 0.15) is 0 Å². The van der Waals surface area contributed by atoms with Crippen molar-refractivity contribution in [2.45, 2.75) is 6.42 Å². The third kappa shape index (κ3) is 2.67. The van der Waals surface area contributed by atoms with Crippen LogP contribution in [0.25, 0.3) is 0 Å². The lowest BCUT2D eigenvalue weighted by Crippen LogP contribution is -2.32. The normalized spacial score (nSPS) is 15.9. The smallest absolute Gasteiger partial charge is 0.239 e. The standard InChI is InChI=1S/C13H18N2O3/c1-17-11-5-4-10(8-12(11)18-2)15-7-3-6-14-13(16)9-15/h4-5,8H,3,6-7,9H2,1-2H3,(H,14,16). The zero-order valence-electron chi connectivity index (χ0n) is 10.7. The minimum atomic E-state index is 0.0577. The molecule has 1 aromatic rings. The van der Waals surface area contributed by atoms with Crippen molar-refractivity contribution in [3.63, 3.8) is 0 Å². The van der Waals surface area contributed by atoms with Crippen LogP contribution in [0.5, 0.6) is 11.5 Å². The van der Waals surface area contributed by atoms with E-state index in [1.165, 1.54) is 0 Å². The molecule has 1 saturated heterocycles. The molecule has 1 N–H and O–H groups in total. The molecule has 0 atom stereocenters. The summed E-state index contributed by atoms with van der Waals surface area (Å²) in [7, 11) is 3.22. The Morgan fingerprint density at radius 2 is 2.00 bits per heavy atom. The molecule has 0 unspecified atom stereocenters. The van der Waals surface area contributed by atoms with E-state index >= 15 is 0 Å². The molecule has 18 heavy (non-hydrogen) atoms. The van der Waals surface area contributed by atoms with E-state index in [2.05, 4.69) is 5.32 Å². The van der Waals surface area contributed by atoms with Gasteiger partial charge in [-0.25, -0.2) is 0 Å². The minimum Gasteiger partial charge on any atom is -0.493 e. The summed E-state index contributed by atoms with van der Waals surface area (Å²) in [5.74, 6) is 1.43. The van der Waals surface area contributed by atoms with Crippen LogP contribution < -0.4 is 19.7 Å². The maximum atomic E-state index is 11.5. The number of methoxy groups -OCH3 is 2. The molecule has 2 rings (SSSR count). The van der Waals surface area contributed by atoms with Gasteiger partial charge in [-0.05, 0) is 18.6 Å². The van der Waals surface area contributed by atoms with Crippen LogP contribution in [0.3, 0.4) is 0 Å². The molecular weight excluding hydrogens is 232 g/mol. The number of amides is 1. The van der Waals surface area contributed by atoms with Crippen molar-refractivity contribution in [2.24, 2.45) is 0 Å². The number of anilines is 1. The van der Waals surface area contributed by atoms with Gasteiger partial charge in [0.15, 0.2) is 11.5 Å². The van der Waals surface area contributed by atoms with Gasteiger partial charge in [0.05, 0.1) is 20.8 Å². The average molecular weight is 250 g/mol. The first kappa shape index (κ1) is 12.5. The predicted molar refractivity (Wildman–Crippen MR) is 69.4 cm³/mol. The summed E-state index contributed by atoms with van der Waals surface area (Å²) >= 11 is 0. The van der Waals surface area contributed by atoms with Crippen molar-refractivity contribution in [1.82, 2.24) is 5.32 Å². The molecule has 5 nitrogen and oxygen atoms in total. The second-order valence-corrected chi connectivity index (χ2v) is 4.16. The van der Waals surface area contributed by atoms with Crippen molar-refractivity contribution in [1.29, 1.82) is 0 Å². The highest BCUT2D eigenvalue weighted by molar-refractivity contribution is 5.82. The SMILES string of the molecule is COc1ccc(N2CCCNC(=O)C2)cc1OC. The number of nitrogens with one attached hydrogen (secondary N) is 1. The molecule has 0 spiro atoms. The Labute approximate surface area is 107 Å². The van der Waals surface area contributed by atoms with Crippen LogP contribution in [0.4, 0.5) is 5.69 Å². The third-order valence-electron chi connectivity index (χ3n) is 2.99. The Hall–Kier alpha value is -1.91. The van der Waals surface area contributed by atoms with Crippen LogP contribution in [0.2, 0.25) is 0 Å². The topological polar surface area (TPSA) is 50.8 Å². The number of rotatable bonds is 3. The van der Waals surface area contributed by atoms with Crippen LogP contribution in [0.1, 0.15) is 6.42 Å². The van der Waals surface area contributed by atoms with Crippen molar-refractivity contribution < 1.29 is 14.3 Å². The number of hydrogen-bond donors (Lipinski definition) is 1. The summed E-state index contributed by atoms with van der Waals surface area (Å²) in [5.41, 5.74) is 0.977.